The first-order valence-electron chi connectivity index (χ1n) is 4.99. The molecule has 0 fully saturated rings. The molecule has 1 aliphatic heterocycles. The van der Waals surface area contributed by atoms with Gasteiger partial charge in [0.05, 0.1) is 26.9 Å². The molecule has 0 radical (unpaired) electrons. The molecule has 1 aromatic heterocycles. The Morgan fingerprint density at radius 2 is 2.07 bits per heavy atom. The molecule has 0 unspecified atom stereocenters. The molecule has 0 amide bonds. The summed E-state index contributed by atoms with van der Waals surface area (Å²) in [5.41, 5.74) is 1.92. The minimum absolute atomic E-state index is 0.0795. The fraction of sp³-hybridized carbons (Fsp3) is 0.545. The Kier molecular flexibility index (Phi) is 2.15. The molecule has 1 atom stereocenters. The average molecular weight is 224 g/mol. The quantitative estimate of drug-likeness (QED) is 0.679. The molecule has 1 aliphatic rings. The Balaban J connectivity index is 2.77. The first kappa shape index (κ1) is 10.6. The molecular weight excluding hydrogens is 208 g/mol. The molecule has 2 rings (SSSR count). The lowest BCUT2D eigenvalue weighted by molar-refractivity contribution is 0.551. The molecule has 0 saturated heterocycles. The molecule has 0 N–H and O–H groups in total. The summed E-state index contributed by atoms with van der Waals surface area (Å²) >= 11 is 0. The van der Waals surface area contributed by atoms with E-state index in [0.717, 1.165) is 16.2 Å². The lowest BCUT2D eigenvalue weighted by Crippen LogP contribution is -2.18. The number of hydrogen-bond donors (Lipinski definition) is 0. The van der Waals surface area contributed by atoms with Crippen molar-refractivity contribution >= 4 is 9.73 Å². The largest absolute Gasteiger partial charge is 0.259 e. The van der Waals surface area contributed by atoms with E-state index < -0.39 is 9.73 Å². The maximum absolute atomic E-state index is 12.3. The Hall–Kier alpha value is -0.900. The van der Waals surface area contributed by atoms with Crippen molar-refractivity contribution in [2.75, 3.05) is 6.26 Å². The minimum atomic E-state index is -2.21. The standard InChI is InChI=1S/C11H16N2OS/c1-11(2,3)10-9-8(5-6-12-10)7-13-15(9,4)14/h5-6H,7H2,1-4H3/t15-/m1/s1. The highest BCUT2D eigenvalue weighted by Crippen LogP contribution is 2.34. The summed E-state index contributed by atoms with van der Waals surface area (Å²) in [5.74, 6) is 0. The summed E-state index contributed by atoms with van der Waals surface area (Å²) in [6.07, 6.45) is 3.49. The Morgan fingerprint density at radius 1 is 1.40 bits per heavy atom. The van der Waals surface area contributed by atoms with Crippen LogP contribution in [0.4, 0.5) is 0 Å². The number of pyridine rings is 1. The first-order chi connectivity index (χ1) is 6.82. The van der Waals surface area contributed by atoms with Gasteiger partial charge in [0.2, 0.25) is 0 Å². The first-order valence-corrected chi connectivity index (χ1v) is 6.91. The van der Waals surface area contributed by atoms with Crippen LogP contribution in [0, 0.1) is 0 Å². The molecule has 0 spiro atoms. The van der Waals surface area contributed by atoms with Crippen LogP contribution in [0.5, 0.6) is 0 Å². The van der Waals surface area contributed by atoms with E-state index in [4.69, 9.17) is 0 Å². The van der Waals surface area contributed by atoms with Crippen LogP contribution in [-0.4, -0.2) is 15.4 Å². The fourth-order valence-corrected chi connectivity index (χ4v) is 3.68. The van der Waals surface area contributed by atoms with Gasteiger partial charge in [-0.3, -0.25) is 4.98 Å². The summed E-state index contributed by atoms with van der Waals surface area (Å²) in [5, 5.41) is 0. The topological polar surface area (TPSA) is 42.3 Å². The highest BCUT2D eigenvalue weighted by molar-refractivity contribution is 7.93. The minimum Gasteiger partial charge on any atom is -0.259 e. The predicted molar refractivity (Wildman–Crippen MR) is 61.4 cm³/mol. The van der Waals surface area contributed by atoms with Gasteiger partial charge in [-0.1, -0.05) is 20.8 Å². The van der Waals surface area contributed by atoms with Gasteiger partial charge in [-0.25, -0.2) is 8.57 Å². The maximum atomic E-state index is 12.3. The predicted octanol–water partition coefficient (Wildman–Crippen LogP) is 2.35. The van der Waals surface area contributed by atoms with Gasteiger partial charge in [0.1, 0.15) is 0 Å². The summed E-state index contributed by atoms with van der Waals surface area (Å²) < 4.78 is 16.5. The lowest BCUT2D eigenvalue weighted by atomic mass is 9.90. The van der Waals surface area contributed by atoms with Crippen LogP contribution in [0.25, 0.3) is 0 Å². The van der Waals surface area contributed by atoms with Gasteiger partial charge in [0, 0.05) is 17.9 Å². The zero-order valence-electron chi connectivity index (χ0n) is 9.57. The van der Waals surface area contributed by atoms with E-state index in [0.29, 0.717) is 6.54 Å². The number of rotatable bonds is 0. The van der Waals surface area contributed by atoms with Crippen molar-refractivity contribution < 1.29 is 4.21 Å². The van der Waals surface area contributed by atoms with Crippen molar-refractivity contribution in [3.63, 3.8) is 0 Å². The van der Waals surface area contributed by atoms with Crippen LogP contribution in [0.2, 0.25) is 0 Å². The molecule has 2 heterocycles. The molecule has 0 saturated carbocycles. The van der Waals surface area contributed by atoms with E-state index in [1.165, 1.54) is 0 Å². The fourth-order valence-electron chi connectivity index (χ4n) is 1.83. The van der Waals surface area contributed by atoms with E-state index in [2.05, 4.69) is 30.1 Å². The molecule has 82 valence electrons. The normalized spacial score (nSPS) is 24.8. The molecular formula is C11H16N2OS. The highest BCUT2D eigenvalue weighted by Gasteiger charge is 2.29. The van der Waals surface area contributed by atoms with E-state index in [9.17, 15) is 4.21 Å². The van der Waals surface area contributed by atoms with E-state index in [1.807, 2.05) is 6.07 Å². The van der Waals surface area contributed by atoms with Gasteiger partial charge in [-0.15, -0.1) is 0 Å². The highest BCUT2D eigenvalue weighted by atomic mass is 32.2. The molecule has 0 aromatic carbocycles. The van der Waals surface area contributed by atoms with Crippen LogP contribution in [0.1, 0.15) is 32.0 Å². The van der Waals surface area contributed by atoms with E-state index in [1.54, 1.807) is 12.5 Å². The number of nitrogens with zero attached hydrogens (tertiary/aromatic N) is 2. The van der Waals surface area contributed by atoms with Crippen LogP contribution >= 0.6 is 0 Å². The number of hydrogen-bond acceptors (Lipinski definition) is 3. The van der Waals surface area contributed by atoms with Crippen molar-refractivity contribution in [2.24, 2.45) is 4.36 Å². The number of aromatic nitrogens is 1. The van der Waals surface area contributed by atoms with Crippen molar-refractivity contribution in [2.45, 2.75) is 37.6 Å². The summed E-state index contributed by atoms with van der Waals surface area (Å²) in [4.78, 5) is 5.25. The van der Waals surface area contributed by atoms with Crippen molar-refractivity contribution in [1.29, 1.82) is 0 Å². The molecule has 3 nitrogen and oxygen atoms in total. The van der Waals surface area contributed by atoms with Crippen molar-refractivity contribution in [3.8, 4) is 0 Å². The third-order valence-electron chi connectivity index (χ3n) is 2.56. The monoisotopic (exact) mass is 224 g/mol. The molecule has 0 aliphatic carbocycles. The molecule has 4 heteroatoms. The second kappa shape index (κ2) is 3.04. The second-order valence-electron chi connectivity index (χ2n) is 4.99. The summed E-state index contributed by atoms with van der Waals surface area (Å²) in [6.45, 7) is 6.83. The third kappa shape index (κ3) is 1.67. The molecule has 1 aromatic rings. The van der Waals surface area contributed by atoms with Crippen LogP contribution in [0.15, 0.2) is 21.5 Å². The molecule has 0 bridgehead atoms. The maximum Gasteiger partial charge on any atom is 0.0751 e. The van der Waals surface area contributed by atoms with Gasteiger partial charge in [0.25, 0.3) is 0 Å². The number of fused-ring (bicyclic) bond motifs is 1. The van der Waals surface area contributed by atoms with Crippen LogP contribution in [0.3, 0.4) is 0 Å². The third-order valence-corrected chi connectivity index (χ3v) is 4.39. The van der Waals surface area contributed by atoms with Crippen LogP contribution in [-0.2, 0) is 21.7 Å². The lowest BCUT2D eigenvalue weighted by Gasteiger charge is -2.21. The zero-order valence-corrected chi connectivity index (χ0v) is 10.4. The smallest absolute Gasteiger partial charge is 0.0751 e. The van der Waals surface area contributed by atoms with Crippen molar-refractivity contribution in [1.82, 2.24) is 4.98 Å². The van der Waals surface area contributed by atoms with Gasteiger partial charge >= 0.3 is 0 Å². The van der Waals surface area contributed by atoms with Crippen LogP contribution < -0.4 is 0 Å². The van der Waals surface area contributed by atoms with Crippen molar-refractivity contribution in [3.05, 3.63) is 23.5 Å². The average Bonchev–Trinajstić information content (AvgIpc) is 2.41. The Labute approximate surface area is 91.1 Å². The summed E-state index contributed by atoms with van der Waals surface area (Å²) in [7, 11) is -2.21. The van der Waals surface area contributed by atoms with E-state index >= 15 is 0 Å². The Bertz CT molecular complexity index is 520. The Morgan fingerprint density at radius 3 is 2.67 bits per heavy atom. The van der Waals surface area contributed by atoms with Gasteiger partial charge < -0.3 is 0 Å². The zero-order chi connectivity index (χ0) is 11.3. The van der Waals surface area contributed by atoms with Gasteiger partial charge in [-0.05, 0) is 11.6 Å². The second-order valence-corrected chi connectivity index (χ2v) is 7.26. The van der Waals surface area contributed by atoms with E-state index in [-0.39, 0.29) is 5.41 Å². The van der Waals surface area contributed by atoms with Gasteiger partial charge in [-0.2, -0.15) is 0 Å². The molecule has 15 heavy (non-hydrogen) atoms. The summed E-state index contributed by atoms with van der Waals surface area (Å²) in [6, 6.07) is 1.92. The van der Waals surface area contributed by atoms with Gasteiger partial charge in [0.15, 0.2) is 0 Å². The SMILES string of the molecule is CC(C)(C)c1nccc2c1[S@@](C)(=O)=NC2.